The molecule has 3 amide bonds. The van der Waals surface area contributed by atoms with E-state index >= 15 is 0 Å². The Bertz CT molecular complexity index is 622. The van der Waals surface area contributed by atoms with Gasteiger partial charge in [0.1, 0.15) is 0 Å². The van der Waals surface area contributed by atoms with Crippen molar-refractivity contribution in [3.05, 3.63) is 29.8 Å². The van der Waals surface area contributed by atoms with Crippen LogP contribution in [0, 0.1) is 0 Å². The molecule has 1 saturated heterocycles. The molecule has 6 nitrogen and oxygen atoms in total. The highest BCUT2D eigenvalue weighted by Gasteiger charge is 2.33. The Morgan fingerprint density at radius 3 is 2.76 bits per heavy atom. The third kappa shape index (κ3) is 5.01. The molecular weight excluding hydrogens is 339 g/mol. The van der Waals surface area contributed by atoms with E-state index in [2.05, 4.69) is 5.32 Å². The monoisotopic (exact) mass is 359 g/mol. The predicted molar refractivity (Wildman–Crippen MR) is 84.9 cm³/mol. The molecule has 0 radical (unpaired) electrons. The summed E-state index contributed by atoms with van der Waals surface area (Å²) in [5, 5.41) is 3.38. The third-order valence-electron chi connectivity index (χ3n) is 3.67. The molecule has 1 aliphatic heterocycles. The lowest BCUT2D eigenvalue weighted by Crippen LogP contribution is -2.51. The first kappa shape index (κ1) is 18.9. The molecule has 9 heteroatoms. The van der Waals surface area contributed by atoms with Gasteiger partial charge in [-0.25, -0.2) is 9.59 Å². The van der Waals surface area contributed by atoms with Crippen molar-refractivity contribution in [3.63, 3.8) is 0 Å². The van der Waals surface area contributed by atoms with E-state index in [0.717, 1.165) is 34.9 Å². The molecule has 1 fully saturated rings. The van der Waals surface area contributed by atoms with Gasteiger partial charge in [0.2, 0.25) is 0 Å². The Morgan fingerprint density at radius 1 is 1.32 bits per heavy atom. The van der Waals surface area contributed by atoms with E-state index in [0.29, 0.717) is 13.0 Å². The summed E-state index contributed by atoms with van der Waals surface area (Å²) in [6, 6.07) is 3.83. The van der Waals surface area contributed by atoms with E-state index in [-0.39, 0.29) is 18.8 Å². The summed E-state index contributed by atoms with van der Waals surface area (Å²) in [7, 11) is 0. The average Bonchev–Trinajstić information content (AvgIpc) is 2.56. The number of amides is 3. The Hall–Kier alpha value is -2.45. The number of carbonyl (C=O) groups is 2. The summed E-state index contributed by atoms with van der Waals surface area (Å²) in [6.07, 6.45) is -3.12. The largest absolute Gasteiger partial charge is 0.431 e. The zero-order valence-electron chi connectivity index (χ0n) is 13.8. The zero-order chi connectivity index (χ0) is 18.4. The van der Waals surface area contributed by atoms with E-state index in [1.54, 1.807) is 0 Å². The van der Waals surface area contributed by atoms with E-state index < -0.39 is 23.9 Å². The highest BCUT2D eigenvalue weighted by Crippen LogP contribution is 2.32. The number of alkyl halides is 3. The summed E-state index contributed by atoms with van der Waals surface area (Å²) in [5.74, 6) is 0. The highest BCUT2D eigenvalue weighted by molar-refractivity contribution is 5.92. The van der Waals surface area contributed by atoms with Crippen molar-refractivity contribution < 1.29 is 27.6 Å². The van der Waals surface area contributed by atoms with Gasteiger partial charge < -0.3 is 10.2 Å². The average molecular weight is 359 g/mol. The van der Waals surface area contributed by atoms with E-state index in [9.17, 15) is 22.8 Å². The number of hydrogen-bond acceptors (Lipinski definition) is 3. The molecule has 25 heavy (non-hydrogen) atoms. The number of anilines is 1. The number of nitrogens with one attached hydrogen (secondary N) is 1. The molecule has 0 atom stereocenters. The number of benzene rings is 1. The molecule has 0 spiro atoms. The summed E-state index contributed by atoms with van der Waals surface area (Å²) in [5.41, 5.74) is -0.729. The molecule has 0 bridgehead atoms. The van der Waals surface area contributed by atoms with Gasteiger partial charge in [0.15, 0.2) is 0 Å². The molecule has 1 heterocycles. The fourth-order valence-electron chi connectivity index (χ4n) is 2.37. The topological polar surface area (TPSA) is 61.9 Å². The minimum absolute atomic E-state index is 0.111. The number of hydrogen-bond donors (Lipinski definition) is 1. The minimum Gasteiger partial charge on any atom is -0.320 e. The van der Waals surface area contributed by atoms with Crippen LogP contribution < -0.4 is 10.2 Å². The molecule has 1 aliphatic rings. The number of rotatable bonds is 5. The molecule has 138 valence electrons. The van der Waals surface area contributed by atoms with Crippen LogP contribution in [0.2, 0.25) is 0 Å². The van der Waals surface area contributed by atoms with Gasteiger partial charge in [-0.05, 0) is 31.0 Å². The number of carbonyl (C=O) groups excluding carboxylic acids is 2. The Balaban J connectivity index is 2.05. The lowest BCUT2D eigenvalue weighted by atomic mass is 10.1. The van der Waals surface area contributed by atoms with Gasteiger partial charge >= 0.3 is 18.3 Å². The maximum Gasteiger partial charge on any atom is 0.431 e. The quantitative estimate of drug-likeness (QED) is 0.814. The lowest BCUT2D eigenvalue weighted by molar-refractivity contribution is -0.137. The number of hydroxylamine groups is 2. The Kier molecular flexibility index (Phi) is 6.11. The standard InChI is InChI=1S/C16H20F3N3O3/c1-2-3-8-20-14(23)25-22-10-5-9-21(15(22)24)13-7-4-6-12(11-13)16(17,18)19/h4,6-7,11H,2-3,5,8-10H2,1H3,(H,20,23). The zero-order valence-corrected chi connectivity index (χ0v) is 13.8. The SMILES string of the molecule is CCCCNC(=O)ON1CCCN(c2cccc(C(F)(F)F)c2)C1=O. The molecule has 0 aliphatic carbocycles. The van der Waals surface area contributed by atoms with Crippen LogP contribution in [0.25, 0.3) is 0 Å². The second-order valence-electron chi connectivity index (χ2n) is 5.60. The van der Waals surface area contributed by atoms with Crippen LogP contribution in [0.3, 0.4) is 0 Å². The first-order chi connectivity index (χ1) is 11.8. The van der Waals surface area contributed by atoms with Crippen molar-refractivity contribution in [2.24, 2.45) is 0 Å². The lowest BCUT2D eigenvalue weighted by Gasteiger charge is -2.34. The predicted octanol–water partition coefficient (Wildman–Crippen LogP) is 3.78. The van der Waals surface area contributed by atoms with Crippen LogP contribution in [0.4, 0.5) is 28.4 Å². The number of urea groups is 1. The van der Waals surface area contributed by atoms with Crippen molar-refractivity contribution in [1.29, 1.82) is 0 Å². The maximum absolute atomic E-state index is 12.8. The van der Waals surface area contributed by atoms with E-state index in [1.807, 2.05) is 6.92 Å². The smallest absolute Gasteiger partial charge is 0.320 e. The van der Waals surface area contributed by atoms with Crippen LogP contribution >= 0.6 is 0 Å². The van der Waals surface area contributed by atoms with Gasteiger partial charge in [0.25, 0.3) is 0 Å². The summed E-state index contributed by atoms with van der Waals surface area (Å²) in [6.45, 7) is 2.83. The fraction of sp³-hybridized carbons (Fsp3) is 0.500. The first-order valence-electron chi connectivity index (χ1n) is 8.05. The number of unbranched alkanes of at least 4 members (excludes halogenated alkanes) is 1. The molecule has 0 saturated carbocycles. The summed E-state index contributed by atoms with van der Waals surface area (Å²) < 4.78 is 38.5. The molecule has 1 aromatic carbocycles. The molecule has 2 rings (SSSR count). The van der Waals surface area contributed by atoms with Crippen LogP contribution in [0.15, 0.2) is 24.3 Å². The summed E-state index contributed by atoms with van der Waals surface area (Å²) >= 11 is 0. The van der Waals surface area contributed by atoms with Gasteiger partial charge in [-0.3, -0.25) is 4.90 Å². The van der Waals surface area contributed by atoms with Crippen molar-refractivity contribution in [1.82, 2.24) is 10.4 Å². The van der Waals surface area contributed by atoms with Crippen molar-refractivity contribution in [2.45, 2.75) is 32.4 Å². The molecule has 0 unspecified atom stereocenters. The Labute approximate surface area is 143 Å². The normalized spacial score (nSPS) is 15.3. The second kappa shape index (κ2) is 8.09. The van der Waals surface area contributed by atoms with E-state index in [4.69, 9.17) is 4.84 Å². The van der Waals surface area contributed by atoms with Crippen molar-refractivity contribution in [2.75, 3.05) is 24.5 Å². The van der Waals surface area contributed by atoms with Gasteiger partial charge in [-0.1, -0.05) is 19.4 Å². The molecular formula is C16H20F3N3O3. The molecule has 1 N–H and O–H groups in total. The van der Waals surface area contributed by atoms with Gasteiger partial charge in [-0.15, -0.1) is 0 Å². The molecule has 1 aromatic rings. The van der Waals surface area contributed by atoms with Crippen LogP contribution in [0.5, 0.6) is 0 Å². The second-order valence-corrected chi connectivity index (χ2v) is 5.60. The fourth-order valence-corrected chi connectivity index (χ4v) is 2.37. The first-order valence-corrected chi connectivity index (χ1v) is 8.05. The summed E-state index contributed by atoms with van der Waals surface area (Å²) in [4.78, 5) is 30.2. The maximum atomic E-state index is 12.8. The Morgan fingerprint density at radius 2 is 2.08 bits per heavy atom. The molecule has 0 aromatic heterocycles. The number of halogens is 3. The van der Waals surface area contributed by atoms with E-state index in [1.165, 1.54) is 12.1 Å². The van der Waals surface area contributed by atoms with Crippen molar-refractivity contribution in [3.8, 4) is 0 Å². The van der Waals surface area contributed by atoms with Crippen LogP contribution in [0.1, 0.15) is 31.7 Å². The highest BCUT2D eigenvalue weighted by atomic mass is 19.4. The van der Waals surface area contributed by atoms with Crippen molar-refractivity contribution >= 4 is 17.8 Å². The van der Waals surface area contributed by atoms with Gasteiger partial charge in [0, 0.05) is 18.8 Å². The van der Waals surface area contributed by atoms with Crippen LogP contribution in [-0.4, -0.2) is 36.8 Å². The minimum atomic E-state index is -4.50. The number of nitrogens with zero attached hydrogens (tertiary/aromatic N) is 2. The van der Waals surface area contributed by atoms with Gasteiger partial charge in [-0.2, -0.15) is 18.2 Å². The third-order valence-corrected chi connectivity index (χ3v) is 3.67. The van der Waals surface area contributed by atoms with Crippen LogP contribution in [-0.2, 0) is 11.0 Å². The van der Waals surface area contributed by atoms with Gasteiger partial charge in [0.05, 0.1) is 12.1 Å².